The van der Waals surface area contributed by atoms with E-state index in [1.54, 1.807) is 7.11 Å². The van der Waals surface area contributed by atoms with Crippen LogP contribution in [0.25, 0.3) is 0 Å². The minimum absolute atomic E-state index is 0.0745. The first kappa shape index (κ1) is 14.3. The van der Waals surface area contributed by atoms with Crippen molar-refractivity contribution >= 4 is 0 Å². The van der Waals surface area contributed by atoms with Gasteiger partial charge in [0.05, 0.1) is 13.2 Å². The van der Waals surface area contributed by atoms with E-state index in [1.807, 2.05) is 0 Å². The first-order valence-electron chi connectivity index (χ1n) is 7.26. The number of nitrogens with one attached hydrogen (secondary N) is 1. The molecule has 18 heavy (non-hydrogen) atoms. The molecule has 2 saturated heterocycles. The van der Waals surface area contributed by atoms with Crippen LogP contribution < -0.4 is 5.32 Å². The molecular weight excluding hydrogens is 228 g/mol. The Morgan fingerprint density at radius 3 is 2.72 bits per heavy atom. The summed E-state index contributed by atoms with van der Waals surface area (Å²) in [7, 11) is 1.77. The summed E-state index contributed by atoms with van der Waals surface area (Å²) in [5.41, 5.74) is -0.0745. The second-order valence-electron chi connectivity index (χ2n) is 6.12. The van der Waals surface area contributed by atoms with Crippen LogP contribution in [0.3, 0.4) is 0 Å². The van der Waals surface area contributed by atoms with Gasteiger partial charge in [-0.05, 0) is 12.3 Å². The Hall–Kier alpha value is -0.160. The minimum atomic E-state index is -0.0745. The van der Waals surface area contributed by atoms with Crippen molar-refractivity contribution in [2.75, 3.05) is 40.0 Å². The molecule has 0 saturated carbocycles. The number of hydrogen-bond acceptors (Lipinski definition) is 4. The zero-order chi connectivity index (χ0) is 13.0. The van der Waals surface area contributed by atoms with Gasteiger partial charge in [-0.3, -0.25) is 5.32 Å². The van der Waals surface area contributed by atoms with E-state index in [4.69, 9.17) is 9.47 Å². The standard InChI is InChI=1S/C14H28N2O2/c1-12(2)10-16-7-5-14(6-8-16)15-13(11-17-3)4-9-18-14/h12-13,15H,4-11H2,1-3H3. The van der Waals surface area contributed by atoms with Gasteiger partial charge in [0.15, 0.2) is 0 Å². The number of methoxy groups -OCH3 is 1. The Kier molecular flexibility index (Phi) is 5.01. The highest BCUT2D eigenvalue weighted by atomic mass is 16.5. The second-order valence-corrected chi connectivity index (χ2v) is 6.12. The molecule has 4 nitrogen and oxygen atoms in total. The molecule has 2 fully saturated rings. The number of piperidine rings is 1. The minimum Gasteiger partial charge on any atom is -0.383 e. The number of rotatable bonds is 4. The molecule has 2 aliphatic rings. The van der Waals surface area contributed by atoms with Crippen molar-refractivity contribution in [2.24, 2.45) is 5.92 Å². The number of likely N-dealkylation sites (tertiary alicyclic amines) is 1. The summed E-state index contributed by atoms with van der Waals surface area (Å²) in [6.45, 7) is 9.72. The average Bonchev–Trinajstić information content (AvgIpc) is 2.33. The van der Waals surface area contributed by atoms with E-state index < -0.39 is 0 Å². The molecule has 0 amide bonds. The second kappa shape index (κ2) is 6.33. The highest BCUT2D eigenvalue weighted by Crippen LogP contribution is 2.28. The molecule has 1 unspecified atom stereocenters. The molecule has 0 aromatic carbocycles. The monoisotopic (exact) mass is 256 g/mol. The normalized spacial score (nSPS) is 29.0. The van der Waals surface area contributed by atoms with E-state index in [2.05, 4.69) is 24.1 Å². The van der Waals surface area contributed by atoms with Crippen molar-refractivity contribution < 1.29 is 9.47 Å². The van der Waals surface area contributed by atoms with Crippen LogP contribution in [-0.4, -0.2) is 56.6 Å². The highest BCUT2D eigenvalue weighted by molar-refractivity contribution is 4.91. The Balaban J connectivity index is 1.83. The van der Waals surface area contributed by atoms with Gasteiger partial charge in [-0.25, -0.2) is 0 Å². The molecular formula is C14H28N2O2. The maximum Gasteiger partial charge on any atom is 0.121 e. The van der Waals surface area contributed by atoms with E-state index in [1.165, 1.54) is 6.54 Å². The van der Waals surface area contributed by atoms with Gasteiger partial charge in [-0.2, -0.15) is 0 Å². The van der Waals surface area contributed by atoms with Gasteiger partial charge in [0.1, 0.15) is 5.72 Å². The Bertz CT molecular complexity index is 248. The predicted molar refractivity (Wildman–Crippen MR) is 72.6 cm³/mol. The fraction of sp³-hybridized carbons (Fsp3) is 1.00. The third-order valence-electron chi connectivity index (χ3n) is 3.97. The van der Waals surface area contributed by atoms with Crippen molar-refractivity contribution in [3.8, 4) is 0 Å². The molecule has 2 heterocycles. The van der Waals surface area contributed by atoms with Crippen molar-refractivity contribution in [1.82, 2.24) is 10.2 Å². The Morgan fingerprint density at radius 1 is 1.39 bits per heavy atom. The quantitative estimate of drug-likeness (QED) is 0.825. The summed E-state index contributed by atoms with van der Waals surface area (Å²) < 4.78 is 11.3. The van der Waals surface area contributed by atoms with Crippen molar-refractivity contribution in [3.63, 3.8) is 0 Å². The molecule has 0 aromatic heterocycles. The Labute approximate surface area is 111 Å². The molecule has 1 atom stereocenters. The Morgan fingerprint density at radius 2 is 2.11 bits per heavy atom. The van der Waals surface area contributed by atoms with E-state index in [-0.39, 0.29) is 5.72 Å². The largest absolute Gasteiger partial charge is 0.383 e. The van der Waals surface area contributed by atoms with Gasteiger partial charge in [-0.15, -0.1) is 0 Å². The molecule has 2 aliphatic heterocycles. The fourth-order valence-corrected chi connectivity index (χ4v) is 3.11. The molecule has 1 spiro atoms. The average molecular weight is 256 g/mol. The fourth-order valence-electron chi connectivity index (χ4n) is 3.11. The maximum atomic E-state index is 6.04. The lowest BCUT2D eigenvalue weighted by Crippen LogP contribution is -2.62. The summed E-state index contributed by atoms with van der Waals surface area (Å²) in [4.78, 5) is 2.56. The lowest BCUT2D eigenvalue weighted by atomic mass is 9.96. The molecule has 0 aromatic rings. The van der Waals surface area contributed by atoms with Gasteiger partial charge in [0.25, 0.3) is 0 Å². The number of ether oxygens (including phenoxy) is 2. The maximum absolute atomic E-state index is 6.04. The van der Waals surface area contributed by atoms with Crippen LogP contribution in [0.4, 0.5) is 0 Å². The summed E-state index contributed by atoms with van der Waals surface area (Å²) in [6.07, 6.45) is 3.26. The van der Waals surface area contributed by atoms with E-state index in [0.29, 0.717) is 6.04 Å². The number of hydrogen-bond donors (Lipinski definition) is 1. The molecule has 0 bridgehead atoms. The predicted octanol–water partition coefficient (Wildman–Crippen LogP) is 1.46. The molecule has 0 aliphatic carbocycles. The van der Waals surface area contributed by atoms with Crippen LogP contribution in [0.2, 0.25) is 0 Å². The first-order chi connectivity index (χ1) is 8.63. The third-order valence-corrected chi connectivity index (χ3v) is 3.97. The zero-order valence-electron chi connectivity index (χ0n) is 12.1. The van der Waals surface area contributed by atoms with Crippen LogP contribution in [0.15, 0.2) is 0 Å². The van der Waals surface area contributed by atoms with E-state index in [0.717, 1.165) is 51.5 Å². The molecule has 2 rings (SSSR count). The summed E-state index contributed by atoms with van der Waals surface area (Å²) in [6, 6.07) is 0.459. The topological polar surface area (TPSA) is 33.7 Å². The van der Waals surface area contributed by atoms with Crippen LogP contribution in [-0.2, 0) is 9.47 Å². The molecule has 1 N–H and O–H groups in total. The van der Waals surface area contributed by atoms with Gasteiger partial charge in [0.2, 0.25) is 0 Å². The van der Waals surface area contributed by atoms with E-state index in [9.17, 15) is 0 Å². The third kappa shape index (κ3) is 3.67. The summed E-state index contributed by atoms with van der Waals surface area (Å²) in [5, 5.41) is 3.67. The molecule has 0 radical (unpaired) electrons. The zero-order valence-corrected chi connectivity index (χ0v) is 12.1. The van der Waals surface area contributed by atoms with Gasteiger partial charge in [-0.1, -0.05) is 13.8 Å². The van der Waals surface area contributed by atoms with Gasteiger partial charge < -0.3 is 14.4 Å². The van der Waals surface area contributed by atoms with E-state index >= 15 is 0 Å². The molecule has 106 valence electrons. The van der Waals surface area contributed by atoms with Crippen molar-refractivity contribution in [2.45, 2.75) is 44.9 Å². The lowest BCUT2D eigenvalue weighted by molar-refractivity contribution is -0.145. The van der Waals surface area contributed by atoms with Gasteiger partial charge in [0, 0.05) is 45.6 Å². The van der Waals surface area contributed by atoms with Gasteiger partial charge >= 0.3 is 0 Å². The number of nitrogens with zero attached hydrogens (tertiary/aromatic N) is 1. The van der Waals surface area contributed by atoms with Crippen molar-refractivity contribution in [3.05, 3.63) is 0 Å². The SMILES string of the molecule is COCC1CCOC2(CCN(CC(C)C)CC2)N1. The van der Waals surface area contributed by atoms with Crippen molar-refractivity contribution in [1.29, 1.82) is 0 Å². The van der Waals surface area contributed by atoms with Crippen LogP contribution in [0.5, 0.6) is 0 Å². The van der Waals surface area contributed by atoms with Crippen LogP contribution in [0, 0.1) is 5.92 Å². The van der Waals surface area contributed by atoms with Crippen LogP contribution >= 0.6 is 0 Å². The van der Waals surface area contributed by atoms with Crippen LogP contribution in [0.1, 0.15) is 33.1 Å². The first-order valence-corrected chi connectivity index (χ1v) is 7.26. The smallest absolute Gasteiger partial charge is 0.121 e. The highest BCUT2D eigenvalue weighted by Gasteiger charge is 2.39. The molecule has 4 heteroatoms. The summed E-state index contributed by atoms with van der Waals surface area (Å²) >= 11 is 0. The lowest BCUT2D eigenvalue weighted by Gasteiger charge is -2.47. The summed E-state index contributed by atoms with van der Waals surface area (Å²) in [5.74, 6) is 0.750.